The lowest BCUT2D eigenvalue weighted by atomic mass is 10.1. The molecule has 0 aliphatic carbocycles. The monoisotopic (exact) mass is 553 g/mol. The summed E-state index contributed by atoms with van der Waals surface area (Å²) in [4.78, 5) is 40.6. The van der Waals surface area contributed by atoms with Crippen molar-refractivity contribution in [3.8, 4) is 5.88 Å². The van der Waals surface area contributed by atoms with Gasteiger partial charge in [-0.25, -0.2) is 22.9 Å². The third-order valence-electron chi connectivity index (χ3n) is 5.62. The van der Waals surface area contributed by atoms with Crippen LogP contribution >= 0.6 is 0 Å². The molecule has 10 nitrogen and oxygen atoms in total. The van der Waals surface area contributed by atoms with E-state index in [1.54, 1.807) is 0 Å². The second-order valence-electron chi connectivity index (χ2n) is 8.68. The Morgan fingerprint density at radius 1 is 0.846 bits per heavy atom. The predicted octanol–water partition coefficient (Wildman–Crippen LogP) is 4.61. The molecule has 1 heterocycles. The van der Waals surface area contributed by atoms with Gasteiger partial charge in [-0.05, 0) is 48.7 Å². The first-order valence-electron chi connectivity index (χ1n) is 12.6. The fourth-order valence-electron chi connectivity index (χ4n) is 3.63. The lowest BCUT2D eigenvalue weighted by Crippen LogP contribution is -2.30. The third kappa shape index (κ3) is 8.92. The van der Waals surface area contributed by atoms with E-state index in [0.717, 1.165) is 24.6 Å². The normalized spacial score (nSPS) is 11.1. The van der Waals surface area contributed by atoms with Crippen LogP contribution in [0.2, 0.25) is 0 Å². The number of carbonyl (C=O) groups excluding carboxylic acids is 3. The maximum absolute atomic E-state index is 12.7. The highest BCUT2D eigenvalue weighted by Crippen LogP contribution is 2.15. The molecule has 0 atom stereocenters. The van der Waals surface area contributed by atoms with Crippen LogP contribution in [0.3, 0.4) is 0 Å². The van der Waals surface area contributed by atoms with Gasteiger partial charge in [0.05, 0.1) is 10.5 Å². The molecule has 0 bridgehead atoms. The van der Waals surface area contributed by atoms with Crippen LogP contribution in [0.4, 0.5) is 4.79 Å². The van der Waals surface area contributed by atoms with E-state index in [1.807, 2.05) is 48.9 Å². The average molecular weight is 554 g/mol. The molecule has 3 rings (SSSR count). The minimum Gasteiger partial charge on any atom is -0.431 e. The molecule has 39 heavy (non-hydrogen) atoms. The highest BCUT2D eigenvalue weighted by molar-refractivity contribution is 7.90. The largest absolute Gasteiger partial charge is 0.515 e. The van der Waals surface area contributed by atoms with Gasteiger partial charge in [0.2, 0.25) is 5.88 Å². The second-order valence-corrected chi connectivity index (χ2v) is 10.4. The number of aromatic nitrogens is 1. The van der Waals surface area contributed by atoms with Gasteiger partial charge in [-0.2, -0.15) is 0 Å². The molecule has 0 radical (unpaired) electrons. The van der Waals surface area contributed by atoms with Crippen molar-refractivity contribution in [1.82, 2.24) is 15.0 Å². The van der Waals surface area contributed by atoms with Crippen LogP contribution in [-0.4, -0.2) is 37.5 Å². The number of nitrogens with zero attached hydrogens (tertiary/aromatic N) is 1. The van der Waals surface area contributed by atoms with Crippen LogP contribution in [0, 0.1) is 0 Å². The number of carbonyl (C=O) groups is 3. The van der Waals surface area contributed by atoms with Gasteiger partial charge in [-0.1, -0.05) is 57.0 Å². The maximum atomic E-state index is 12.7. The minimum atomic E-state index is -4.22. The zero-order valence-electron chi connectivity index (χ0n) is 21.8. The SMILES string of the molecule is CCCC(CCC)OC(=O)Oc1ccc(C(=O)NS(=O)(=O)c2ccc(C(=O)NCc3ccccc3)cc2)cn1. The van der Waals surface area contributed by atoms with Gasteiger partial charge in [0.15, 0.2) is 0 Å². The van der Waals surface area contributed by atoms with Crippen LogP contribution in [0.25, 0.3) is 0 Å². The van der Waals surface area contributed by atoms with Crippen molar-refractivity contribution in [2.45, 2.75) is 57.1 Å². The van der Waals surface area contributed by atoms with Gasteiger partial charge >= 0.3 is 6.16 Å². The molecular formula is C28H31N3O7S. The number of sulfonamides is 1. The fourth-order valence-corrected chi connectivity index (χ4v) is 4.61. The Labute approximate surface area is 227 Å². The first kappa shape index (κ1) is 29.3. The highest BCUT2D eigenvalue weighted by Gasteiger charge is 2.20. The smallest absolute Gasteiger partial charge is 0.431 e. The van der Waals surface area contributed by atoms with Gasteiger partial charge in [0.1, 0.15) is 6.10 Å². The molecule has 2 aromatic carbocycles. The zero-order chi connectivity index (χ0) is 28.3. The Balaban J connectivity index is 1.55. The summed E-state index contributed by atoms with van der Waals surface area (Å²) >= 11 is 0. The standard InChI is InChI=1S/C28H31N3O7S/c1-3-8-23(9-4-2)37-28(34)38-25-17-14-22(19-29-25)27(33)31-39(35,36)24-15-12-21(13-16-24)26(32)30-18-20-10-6-5-7-11-20/h5-7,10-17,19,23H,3-4,8-9,18H2,1-2H3,(H,30,32)(H,31,33). The summed E-state index contributed by atoms with van der Waals surface area (Å²) in [5.41, 5.74) is 1.13. The molecule has 0 saturated carbocycles. The summed E-state index contributed by atoms with van der Waals surface area (Å²) in [6, 6.07) is 17.1. The van der Waals surface area contributed by atoms with E-state index in [0.29, 0.717) is 19.4 Å². The van der Waals surface area contributed by atoms with Crippen LogP contribution in [0.5, 0.6) is 5.88 Å². The van der Waals surface area contributed by atoms with Crippen LogP contribution in [-0.2, 0) is 21.3 Å². The van der Waals surface area contributed by atoms with Gasteiger partial charge in [0.25, 0.3) is 21.8 Å². The van der Waals surface area contributed by atoms with E-state index in [4.69, 9.17) is 9.47 Å². The number of nitrogens with one attached hydrogen (secondary N) is 2. The topological polar surface area (TPSA) is 141 Å². The third-order valence-corrected chi connectivity index (χ3v) is 6.97. The van der Waals surface area contributed by atoms with Crippen molar-refractivity contribution in [3.63, 3.8) is 0 Å². The predicted molar refractivity (Wildman–Crippen MR) is 144 cm³/mol. The molecule has 0 unspecified atom stereocenters. The van der Waals surface area contributed by atoms with Gasteiger partial charge in [0, 0.05) is 24.4 Å². The zero-order valence-corrected chi connectivity index (χ0v) is 22.6. The Kier molecular flexibility index (Phi) is 10.6. The van der Waals surface area contributed by atoms with Gasteiger partial charge < -0.3 is 14.8 Å². The van der Waals surface area contributed by atoms with Crippen LogP contribution < -0.4 is 14.8 Å². The number of hydrogen-bond donors (Lipinski definition) is 2. The van der Waals surface area contributed by atoms with Gasteiger partial charge in [-0.3, -0.25) is 9.59 Å². The Hall–Kier alpha value is -4.25. The molecule has 2 amide bonds. The molecule has 3 aromatic rings. The minimum absolute atomic E-state index is 0.0638. The fraction of sp³-hybridized carbons (Fsp3) is 0.286. The summed E-state index contributed by atoms with van der Waals surface area (Å²) in [6.07, 6.45) is 3.09. The molecule has 11 heteroatoms. The lowest BCUT2D eigenvalue weighted by molar-refractivity contribution is 0.0490. The van der Waals surface area contributed by atoms with E-state index >= 15 is 0 Å². The first-order valence-corrected chi connectivity index (χ1v) is 14.0. The Morgan fingerprint density at radius 2 is 1.49 bits per heavy atom. The second kappa shape index (κ2) is 14.1. The maximum Gasteiger partial charge on any atom is 0.515 e. The molecule has 0 spiro atoms. The molecular weight excluding hydrogens is 522 g/mol. The molecule has 0 fully saturated rings. The van der Waals surface area contributed by atoms with Crippen LogP contribution in [0.15, 0.2) is 77.8 Å². The summed E-state index contributed by atoms with van der Waals surface area (Å²) in [5.74, 6) is -1.38. The molecule has 0 saturated heterocycles. The van der Waals surface area contributed by atoms with E-state index in [9.17, 15) is 22.8 Å². The van der Waals surface area contributed by atoms with Crippen LogP contribution in [0.1, 0.15) is 65.8 Å². The first-order chi connectivity index (χ1) is 18.7. The lowest BCUT2D eigenvalue weighted by Gasteiger charge is -2.15. The molecule has 0 aliphatic heterocycles. The van der Waals surface area contributed by atoms with Crippen molar-refractivity contribution in [1.29, 1.82) is 0 Å². The van der Waals surface area contributed by atoms with Crippen molar-refractivity contribution in [2.24, 2.45) is 0 Å². The number of benzene rings is 2. The summed E-state index contributed by atoms with van der Waals surface area (Å²) in [7, 11) is -4.22. The number of amides is 2. The van der Waals surface area contributed by atoms with Gasteiger partial charge in [-0.15, -0.1) is 0 Å². The van der Waals surface area contributed by atoms with E-state index in [-0.39, 0.29) is 33.9 Å². The van der Waals surface area contributed by atoms with Crippen molar-refractivity contribution in [2.75, 3.05) is 0 Å². The Morgan fingerprint density at radius 3 is 2.08 bits per heavy atom. The average Bonchev–Trinajstić information content (AvgIpc) is 2.92. The number of hydrogen-bond acceptors (Lipinski definition) is 8. The highest BCUT2D eigenvalue weighted by atomic mass is 32.2. The summed E-state index contributed by atoms with van der Waals surface area (Å²) in [6.45, 7) is 4.31. The Bertz CT molecular complexity index is 1350. The summed E-state index contributed by atoms with van der Waals surface area (Å²) < 4.78 is 37.7. The number of ether oxygens (including phenoxy) is 2. The van der Waals surface area contributed by atoms with Crippen molar-refractivity contribution in [3.05, 3.63) is 89.6 Å². The molecule has 0 aliphatic rings. The molecule has 1 aromatic heterocycles. The summed E-state index contributed by atoms with van der Waals surface area (Å²) in [5, 5.41) is 2.76. The van der Waals surface area contributed by atoms with Crippen molar-refractivity contribution >= 4 is 28.0 Å². The van der Waals surface area contributed by atoms with E-state index in [2.05, 4.69) is 10.3 Å². The number of pyridine rings is 1. The quantitative estimate of drug-likeness (QED) is 0.310. The van der Waals surface area contributed by atoms with Crippen molar-refractivity contribution < 1.29 is 32.3 Å². The van der Waals surface area contributed by atoms with E-state index in [1.165, 1.54) is 36.4 Å². The molecule has 206 valence electrons. The number of rotatable bonds is 12. The van der Waals surface area contributed by atoms with E-state index < -0.39 is 22.1 Å². The molecule has 2 N–H and O–H groups in total.